The molecule has 2 aromatic rings. The molecule has 1 aromatic carbocycles. The van der Waals surface area contributed by atoms with E-state index in [0.717, 1.165) is 41.9 Å². The summed E-state index contributed by atoms with van der Waals surface area (Å²) in [6.45, 7) is 12.5. The fourth-order valence-electron chi connectivity index (χ4n) is 2.70. The Kier molecular flexibility index (Phi) is 4.97. The Morgan fingerprint density at radius 3 is 2.35 bits per heavy atom. The average Bonchev–Trinajstić information content (AvgIpc) is 3.04. The van der Waals surface area contributed by atoms with Gasteiger partial charge in [-0.25, -0.2) is 0 Å². The highest BCUT2D eigenvalue weighted by atomic mass is 32.1. The smallest absolute Gasteiger partial charge is 0.208 e. The van der Waals surface area contributed by atoms with Crippen molar-refractivity contribution in [3.8, 4) is 10.6 Å². The van der Waals surface area contributed by atoms with Gasteiger partial charge < -0.3 is 4.90 Å². The van der Waals surface area contributed by atoms with Crippen LogP contribution in [-0.2, 0) is 0 Å². The van der Waals surface area contributed by atoms with Gasteiger partial charge in [-0.05, 0) is 18.4 Å². The van der Waals surface area contributed by atoms with Crippen LogP contribution in [0.1, 0.15) is 27.2 Å². The zero-order chi connectivity index (χ0) is 16.3. The summed E-state index contributed by atoms with van der Waals surface area (Å²) in [7, 11) is 0. The number of benzene rings is 1. The average molecular weight is 331 g/mol. The number of rotatable bonds is 4. The van der Waals surface area contributed by atoms with Gasteiger partial charge in [-0.1, -0.05) is 62.4 Å². The maximum absolute atomic E-state index is 4.40. The molecule has 0 aliphatic carbocycles. The number of piperazine rings is 1. The summed E-state index contributed by atoms with van der Waals surface area (Å²) in [4.78, 5) is 4.94. The van der Waals surface area contributed by atoms with Crippen molar-refractivity contribution in [1.29, 1.82) is 0 Å². The minimum Gasteiger partial charge on any atom is -0.344 e. The third-order valence-corrected chi connectivity index (χ3v) is 5.29. The molecule has 0 bridgehead atoms. The van der Waals surface area contributed by atoms with Crippen molar-refractivity contribution in [2.75, 3.05) is 37.6 Å². The molecule has 1 aromatic heterocycles. The van der Waals surface area contributed by atoms with Crippen LogP contribution in [0.4, 0.5) is 5.13 Å². The molecule has 0 N–H and O–H groups in total. The molecule has 5 heteroatoms. The molecule has 0 spiro atoms. The van der Waals surface area contributed by atoms with E-state index in [-0.39, 0.29) is 0 Å². The van der Waals surface area contributed by atoms with Gasteiger partial charge in [0.15, 0.2) is 0 Å². The standard InChI is InChI=1S/C18H26N4S/c1-18(2,3)9-10-21-11-13-22(14-12-21)17-20-19-16(23-17)15-7-5-4-6-8-15/h4-8H,9-14H2,1-3H3. The van der Waals surface area contributed by atoms with Gasteiger partial charge in [-0.15, -0.1) is 10.2 Å². The number of aromatic nitrogens is 2. The summed E-state index contributed by atoms with van der Waals surface area (Å²) in [6, 6.07) is 10.3. The third kappa shape index (κ3) is 4.52. The predicted molar refractivity (Wildman–Crippen MR) is 98.1 cm³/mol. The van der Waals surface area contributed by atoms with Crippen LogP contribution in [0.5, 0.6) is 0 Å². The van der Waals surface area contributed by atoms with Crippen LogP contribution in [0.3, 0.4) is 0 Å². The molecule has 3 rings (SSSR count). The normalized spacial score (nSPS) is 16.7. The molecule has 23 heavy (non-hydrogen) atoms. The van der Waals surface area contributed by atoms with Gasteiger partial charge >= 0.3 is 0 Å². The zero-order valence-corrected chi connectivity index (χ0v) is 15.1. The number of hydrogen-bond donors (Lipinski definition) is 0. The quantitative estimate of drug-likeness (QED) is 0.854. The molecule has 124 valence electrons. The summed E-state index contributed by atoms with van der Waals surface area (Å²) in [5.74, 6) is 0. The summed E-state index contributed by atoms with van der Waals surface area (Å²) >= 11 is 1.70. The molecular weight excluding hydrogens is 304 g/mol. The molecule has 0 amide bonds. The lowest BCUT2D eigenvalue weighted by atomic mass is 9.92. The van der Waals surface area contributed by atoms with Gasteiger partial charge in [0.2, 0.25) is 5.13 Å². The summed E-state index contributed by atoms with van der Waals surface area (Å²) < 4.78 is 0. The largest absolute Gasteiger partial charge is 0.344 e. The Bertz CT molecular complexity index is 609. The molecule has 1 aliphatic rings. The first-order valence-electron chi connectivity index (χ1n) is 8.37. The van der Waals surface area contributed by atoms with Crippen molar-refractivity contribution >= 4 is 16.5 Å². The monoisotopic (exact) mass is 330 g/mol. The van der Waals surface area contributed by atoms with Gasteiger partial charge in [0.05, 0.1) is 0 Å². The molecular formula is C18H26N4S. The third-order valence-electron chi connectivity index (χ3n) is 4.26. The lowest BCUT2D eigenvalue weighted by molar-refractivity contribution is 0.217. The lowest BCUT2D eigenvalue weighted by Crippen LogP contribution is -2.47. The van der Waals surface area contributed by atoms with Gasteiger partial charge in [0, 0.05) is 31.7 Å². The highest BCUT2D eigenvalue weighted by molar-refractivity contribution is 7.18. The molecule has 0 radical (unpaired) electrons. The summed E-state index contributed by atoms with van der Waals surface area (Å²) in [5.41, 5.74) is 1.57. The van der Waals surface area contributed by atoms with Crippen molar-refractivity contribution in [2.45, 2.75) is 27.2 Å². The minimum atomic E-state index is 0.418. The molecule has 1 saturated heterocycles. The molecule has 0 unspecified atom stereocenters. The van der Waals surface area contributed by atoms with Gasteiger partial charge in [0.1, 0.15) is 5.01 Å². The van der Waals surface area contributed by atoms with E-state index < -0.39 is 0 Å². The molecule has 4 nitrogen and oxygen atoms in total. The second-order valence-electron chi connectivity index (χ2n) is 7.40. The Morgan fingerprint density at radius 1 is 1.00 bits per heavy atom. The number of hydrogen-bond acceptors (Lipinski definition) is 5. The van der Waals surface area contributed by atoms with Crippen LogP contribution >= 0.6 is 11.3 Å². The van der Waals surface area contributed by atoms with Crippen LogP contribution in [0, 0.1) is 5.41 Å². The van der Waals surface area contributed by atoms with Crippen LogP contribution in [0.15, 0.2) is 30.3 Å². The Balaban J connectivity index is 1.55. The lowest BCUT2D eigenvalue weighted by Gasteiger charge is -2.35. The first kappa shape index (κ1) is 16.4. The zero-order valence-electron chi connectivity index (χ0n) is 14.3. The topological polar surface area (TPSA) is 32.3 Å². The Labute approximate surface area is 143 Å². The SMILES string of the molecule is CC(C)(C)CCN1CCN(c2nnc(-c3ccccc3)s2)CC1. The fraction of sp³-hybridized carbons (Fsp3) is 0.556. The Hall–Kier alpha value is -1.46. The van der Waals surface area contributed by atoms with Crippen molar-refractivity contribution in [3.63, 3.8) is 0 Å². The molecule has 2 heterocycles. The highest BCUT2D eigenvalue weighted by Crippen LogP contribution is 2.29. The van der Waals surface area contributed by atoms with Crippen LogP contribution in [-0.4, -0.2) is 47.8 Å². The van der Waals surface area contributed by atoms with Crippen LogP contribution in [0.2, 0.25) is 0 Å². The van der Waals surface area contributed by atoms with Gasteiger partial charge in [-0.2, -0.15) is 0 Å². The maximum Gasteiger partial charge on any atom is 0.208 e. The van der Waals surface area contributed by atoms with Crippen LogP contribution in [0.25, 0.3) is 10.6 Å². The first-order chi connectivity index (χ1) is 11.0. The van der Waals surface area contributed by atoms with E-state index in [1.807, 2.05) is 18.2 Å². The fourth-order valence-corrected chi connectivity index (χ4v) is 3.60. The van der Waals surface area contributed by atoms with E-state index in [2.05, 4.69) is 52.9 Å². The highest BCUT2D eigenvalue weighted by Gasteiger charge is 2.21. The summed E-state index contributed by atoms with van der Waals surface area (Å²) in [6.07, 6.45) is 1.25. The van der Waals surface area contributed by atoms with Crippen molar-refractivity contribution in [2.24, 2.45) is 5.41 Å². The van der Waals surface area contributed by atoms with E-state index in [1.54, 1.807) is 11.3 Å². The molecule has 0 saturated carbocycles. The first-order valence-corrected chi connectivity index (χ1v) is 9.19. The molecule has 0 atom stereocenters. The second-order valence-corrected chi connectivity index (χ2v) is 8.35. The van der Waals surface area contributed by atoms with Crippen LogP contribution < -0.4 is 4.90 Å². The van der Waals surface area contributed by atoms with E-state index in [9.17, 15) is 0 Å². The summed E-state index contributed by atoms with van der Waals surface area (Å²) in [5, 5.41) is 10.8. The van der Waals surface area contributed by atoms with Crippen molar-refractivity contribution < 1.29 is 0 Å². The maximum atomic E-state index is 4.40. The van der Waals surface area contributed by atoms with Gasteiger partial charge in [-0.3, -0.25) is 4.90 Å². The number of nitrogens with zero attached hydrogens (tertiary/aromatic N) is 4. The minimum absolute atomic E-state index is 0.418. The van der Waals surface area contributed by atoms with E-state index in [4.69, 9.17) is 0 Å². The van der Waals surface area contributed by atoms with E-state index in [0.29, 0.717) is 5.41 Å². The van der Waals surface area contributed by atoms with Crippen molar-refractivity contribution in [3.05, 3.63) is 30.3 Å². The number of anilines is 1. The Morgan fingerprint density at radius 2 is 1.70 bits per heavy atom. The second kappa shape index (κ2) is 6.97. The van der Waals surface area contributed by atoms with E-state index in [1.165, 1.54) is 13.0 Å². The van der Waals surface area contributed by atoms with Gasteiger partial charge in [0.25, 0.3) is 0 Å². The molecule has 1 aliphatic heterocycles. The van der Waals surface area contributed by atoms with E-state index >= 15 is 0 Å². The predicted octanol–water partition coefficient (Wildman–Crippen LogP) is 3.76. The van der Waals surface area contributed by atoms with Crippen molar-refractivity contribution in [1.82, 2.24) is 15.1 Å². The molecule has 1 fully saturated rings.